The Kier molecular flexibility index (Phi) is 5.77. The molecule has 1 unspecified atom stereocenters. The number of ether oxygens (including phenoxy) is 1. The van der Waals surface area contributed by atoms with E-state index in [0.717, 1.165) is 19.4 Å². The molecule has 120 valence electrons. The number of benzene rings is 1. The van der Waals surface area contributed by atoms with E-state index in [1.54, 1.807) is 7.11 Å². The zero-order valence-corrected chi connectivity index (χ0v) is 13.1. The molecule has 0 spiro atoms. The fraction of sp³-hybridized carbons (Fsp3) is 0.500. The third-order valence-electron chi connectivity index (χ3n) is 3.66. The standard InChI is InChI=1S/C16H23N3O3/c1-12(20)17-13-6-5-9-19(10-13)11-16(21)18-14-7-3-4-8-15(14)22-2/h3-4,7-8,13H,5-6,9-11H2,1-2H3,(H,17,20)(H,18,21). The first-order valence-corrected chi connectivity index (χ1v) is 7.51. The average molecular weight is 305 g/mol. The van der Waals surface area contributed by atoms with Crippen molar-refractivity contribution in [2.24, 2.45) is 0 Å². The van der Waals surface area contributed by atoms with Crippen LogP contribution in [0.4, 0.5) is 5.69 Å². The van der Waals surface area contributed by atoms with Crippen LogP contribution in [0, 0.1) is 0 Å². The highest BCUT2D eigenvalue weighted by molar-refractivity contribution is 5.93. The molecule has 0 aromatic heterocycles. The van der Waals surface area contributed by atoms with Crippen molar-refractivity contribution in [3.8, 4) is 5.75 Å². The largest absolute Gasteiger partial charge is 0.495 e. The Morgan fingerprint density at radius 2 is 2.14 bits per heavy atom. The minimum Gasteiger partial charge on any atom is -0.495 e. The van der Waals surface area contributed by atoms with Gasteiger partial charge in [0.1, 0.15) is 5.75 Å². The number of para-hydroxylation sites is 2. The molecule has 2 amide bonds. The molecule has 1 saturated heterocycles. The molecule has 6 nitrogen and oxygen atoms in total. The number of piperidine rings is 1. The van der Waals surface area contributed by atoms with Crippen LogP contribution in [-0.2, 0) is 9.59 Å². The van der Waals surface area contributed by atoms with Gasteiger partial charge in [-0.1, -0.05) is 12.1 Å². The van der Waals surface area contributed by atoms with Crippen molar-refractivity contribution in [3.63, 3.8) is 0 Å². The van der Waals surface area contributed by atoms with Crippen LogP contribution in [0.3, 0.4) is 0 Å². The van der Waals surface area contributed by atoms with Gasteiger partial charge in [0.15, 0.2) is 0 Å². The summed E-state index contributed by atoms with van der Waals surface area (Å²) in [6.45, 7) is 3.41. The average Bonchev–Trinajstić information content (AvgIpc) is 2.47. The van der Waals surface area contributed by atoms with Crippen LogP contribution in [0.25, 0.3) is 0 Å². The Balaban J connectivity index is 1.87. The first-order chi connectivity index (χ1) is 10.6. The van der Waals surface area contributed by atoms with Gasteiger partial charge >= 0.3 is 0 Å². The summed E-state index contributed by atoms with van der Waals surface area (Å²) >= 11 is 0. The molecule has 1 atom stereocenters. The lowest BCUT2D eigenvalue weighted by molar-refractivity contribution is -0.120. The second-order valence-corrected chi connectivity index (χ2v) is 5.52. The van der Waals surface area contributed by atoms with Crippen LogP contribution in [-0.4, -0.2) is 49.5 Å². The Labute approximate surface area is 130 Å². The lowest BCUT2D eigenvalue weighted by Crippen LogP contribution is -2.49. The van der Waals surface area contributed by atoms with Gasteiger partial charge in [-0.25, -0.2) is 0 Å². The van der Waals surface area contributed by atoms with E-state index in [-0.39, 0.29) is 17.9 Å². The van der Waals surface area contributed by atoms with Gasteiger partial charge < -0.3 is 15.4 Å². The minimum atomic E-state index is -0.0759. The topological polar surface area (TPSA) is 70.7 Å². The zero-order chi connectivity index (χ0) is 15.9. The van der Waals surface area contributed by atoms with Gasteiger partial charge in [-0.2, -0.15) is 0 Å². The lowest BCUT2D eigenvalue weighted by Gasteiger charge is -2.32. The van der Waals surface area contributed by atoms with Gasteiger partial charge in [-0.05, 0) is 31.5 Å². The fourth-order valence-electron chi connectivity index (χ4n) is 2.75. The van der Waals surface area contributed by atoms with Crippen LogP contribution < -0.4 is 15.4 Å². The molecule has 1 aromatic carbocycles. The zero-order valence-electron chi connectivity index (χ0n) is 13.1. The first kappa shape index (κ1) is 16.3. The van der Waals surface area contributed by atoms with Gasteiger partial charge in [0.2, 0.25) is 11.8 Å². The SMILES string of the molecule is COc1ccccc1NC(=O)CN1CCCC(NC(C)=O)C1. The van der Waals surface area contributed by atoms with E-state index in [0.29, 0.717) is 24.5 Å². The second-order valence-electron chi connectivity index (χ2n) is 5.52. The predicted octanol–water partition coefficient (Wildman–Crippen LogP) is 1.23. The van der Waals surface area contributed by atoms with E-state index in [1.165, 1.54) is 6.92 Å². The van der Waals surface area contributed by atoms with Gasteiger partial charge in [-0.3, -0.25) is 14.5 Å². The van der Waals surface area contributed by atoms with Gasteiger partial charge in [-0.15, -0.1) is 0 Å². The quantitative estimate of drug-likeness (QED) is 0.858. The van der Waals surface area contributed by atoms with Crippen LogP contribution in [0.1, 0.15) is 19.8 Å². The molecule has 22 heavy (non-hydrogen) atoms. The van der Waals surface area contributed by atoms with E-state index in [9.17, 15) is 9.59 Å². The van der Waals surface area contributed by atoms with Crippen LogP contribution in [0.15, 0.2) is 24.3 Å². The number of hydrogen-bond acceptors (Lipinski definition) is 4. The molecular formula is C16H23N3O3. The number of rotatable bonds is 5. The monoisotopic (exact) mass is 305 g/mol. The number of carbonyl (C=O) groups excluding carboxylic acids is 2. The van der Waals surface area contributed by atoms with Crippen molar-refractivity contribution in [3.05, 3.63) is 24.3 Å². The summed E-state index contributed by atoms with van der Waals surface area (Å²) < 4.78 is 5.22. The van der Waals surface area contributed by atoms with E-state index >= 15 is 0 Å². The molecule has 0 radical (unpaired) electrons. The summed E-state index contributed by atoms with van der Waals surface area (Å²) in [6, 6.07) is 7.46. The normalized spacial score (nSPS) is 18.5. The Bertz CT molecular complexity index is 533. The summed E-state index contributed by atoms with van der Waals surface area (Å²) in [5, 5.41) is 5.79. The maximum atomic E-state index is 12.2. The van der Waals surface area contributed by atoms with Crippen molar-refractivity contribution in [2.45, 2.75) is 25.8 Å². The molecule has 0 aliphatic carbocycles. The highest BCUT2D eigenvalue weighted by Gasteiger charge is 2.22. The second kappa shape index (κ2) is 7.79. The highest BCUT2D eigenvalue weighted by Crippen LogP contribution is 2.23. The smallest absolute Gasteiger partial charge is 0.238 e. The lowest BCUT2D eigenvalue weighted by atomic mass is 10.1. The van der Waals surface area contributed by atoms with Crippen molar-refractivity contribution in [1.82, 2.24) is 10.2 Å². The summed E-state index contributed by atoms with van der Waals surface area (Å²) in [6.07, 6.45) is 1.94. The van der Waals surface area contributed by atoms with E-state index in [2.05, 4.69) is 15.5 Å². The van der Waals surface area contributed by atoms with Crippen molar-refractivity contribution in [1.29, 1.82) is 0 Å². The molecule has 1 aromatic rings. The number of amides is 2. The van der Waals surface area contributed by atoms with Crippen LogP contribution >= 0.6 is 0 Å². The molecule has 1 heterocycles. The molecule has 0 saturated carbocycles. The minimum absolute atomic E-state index is 0.0228. The number of hydrogen-bond donors (Lipinski definition) is 2. The van der Waals surface area contributed by atoms with Gasteiger partial charge in [0.25, 0.3) is 0 Å². The number of nitrogens with one attached hydrogen (secondary N) is 2. The van der Waals surface area contributed by atoms with Crippen molar-refractivity contribution in [2.75, 3.05) is 32.1 Å². The van der Waals surface area contributed by atoms with Gasteiger partial charge in [0, 0.05) is 19.5 Å². The summed E-state index contributed by atoms with van der Waals surface area (Å²) in [5.41, 5.74) is 0.672. The Hall–Kier alpha value is -2.08. The molecule has 1 fully saturated rings. The molecule has 2 N–H and O–H groups in total. The third kappa shape index (κ3) is 4.73. The molecular weight excluding hydrogens is 282 g/mol. The third-order valence-corrected chi connectivity index (χ3v) is 3.66. The molecule has 1 aliphatic rings. The van der Waals surface area contributed by atoms with Crippen LogP contribution in [0.2, 0.25) is 0 Å². The Morgan fingerprint density at radius 3 is 2.86 bits per heavy atom. The van der Waals surface area contributed by atoms with Gasteiger partial charge in [0.05, 0.1) is 19.3 Å². The molecule has 6 heteroatoms. The molecule has 1 aliphatic heterocycles. The molecule has 2 rings (SSSR count). The number of nitrogens with zero attached hydrogens (tertiary/aromatic N) is 1. The van der Waals surface area contributed by atoms with Crippen molar-refractivity contribution < 1.29 is 14.3 Å². The summed E-state index contributed by atoms with van der Waals surface area (Å²) in [7, 11) is 1.58. The molecule has 0 bridgehead atoms. The highest BCUT2D eigenvalue weighted by atomic mass is 16.5. The van der Waals surface area contributed by atoms with E-state index in [1.807, 2.05) is 24.3 Å². The van der Waals surface area contributed by atoms with E-state index < -0.39 is 0 Å². The maximum Gasteiger partial charge on any atom is 0.238 e. The Morgan fingerprint density at radius 1 is 1.36 bits per heavy atom. The van der Waals surface area contributed by atoms with Crippen molar-refractivity contribution >= 4 is 17.5 Å². The first-order valence-electron chi connectivity index (χ1n) is 7.51. The van der Waals surface area contributed by atoms with E-state index in [4.69, 9.17) is 4.74 Å². The number of likely N-dealkylation sites (tertiary alicyclic amines) is 1. The predicted molar refractivity (Wildman–Crippen MR) is 84.9 cm³/mol. The summed E-state index contributed by atoms with van der Waals surface area (Å²) in [5.74, 6) is 0.545. The number of carbonyl (C=O) groups is 2. The summed E-state index contributed by atoms with van der Waals surface area (Å²) in [4.78, 5) is 25.4. The number of anilines is 1. The maximum absolute atomic E-state index is 12.2. The fourth-order valence-corrected chi connectivity index (χ4v) is 2.75. The van der Waals surface area contributed by atoms with Crippen LogP contribution in [0.5, 0.6) is 5.75 Å². The number of methoxy groups -OCH3 is 1.